The highest BCUT2D eigenvalue weighted by Gasteiger charge is 2.48. The topological polar surface area (TPSA) is 43.4 Å². The van der Waals surface area contributed by atoms with Gasteiger partial charge >= 0.3 is 15.6 Å². The molecular formula is C7H11F3O3S. The van der Waals surface area contributed by atoms with Crippen LogP contribution >= 0.6 is 0 Å². The number of hydrogen-bond donors (Lipinski definition) is 0. The van der Waals surface area contributed by atoms with Gasteiger partial charge in [0.1, 0.15) is 0 Å². The van der Waals surface area contributed by atoms with Gasteiger partial charge in [-0.15, -0.1) is 0 Å². The smallest absolute Gasteiger partial charge is 0.260 e. The molecule has 0 heterocycles. The quantitative estimate of drug-likeness (QED) is 0.540. The van der Waals surface area contributed by atoms with Crippen LogP contribution in [0.4, 0.5) is 13.2 Å². The SMILES string of the molecule is O=S(=O)(O[11CH]1CCCCC1)C(F)(F)F. The van der Waals surface area contributed by atoms with E-state index < -0.39 is 21.7 Å². The minimum Gasteiger partial charge on any atom is -0.260 e. The molecular weight excluding hydrogens is 220 g/mol. The van der Waals surface area contributed by atoms with Crippen molar-refractivity contribution in [2.45, 2.75) is 43.7 Å². The summed E-state index contributed by atoms with van der Waals surface area (Å²) in [5, 5.41) is 0. The van der Waals surface area contributed by atoms with Gasteiger partial charge in [-0.05, 0) is 12.8 Å². The molecule has 7 heteroatoms. The van der Waals surface area contributed by atoms with Crippen LogP contribution in [-0.2, 0) is 14.3 Å². The highest BCUT2D eigenvalue weighted by molar-refractivity contribution is 7.87. The van der Waals surface area contributed by atoms with Crippen molar-refractivity contribution in [2.75, 3.05) is 0 Å². The van der Waals surface area contributed by atoms with Gasteiger partial charge in [0.05, 0.1) is 6.10 Å². The summed E-state index contributed by atoms with van der Waals surface area (Å²) in [4.78, 5) is 0. The van der Waals surface area contributed by atoms with Crippen LogP contribution < -0.4 is 0 Å². The Labute approximate surface area is 80.4 Å². The van der Waals surface area contributed by atoms with Gasteiger partial charge in [0.2, 0.25) is 0 Å². The van der Waals surface area contributed by atoms with Crippen LogP contribution in [0.25, 0.3) is 0 Å². The average Bonchev–Trinajstić information content (AvgIpc) is 2.03. The van der Waals surface area contributed by atoms with Gasteiger partial charge in [-0.3, -0.25) is 4.18 Å². The van der Waals surface area contributed by atoms with E-state index in [0.717, 1.165) is 19.3 Å². The van der Waals surface area contributed by atoms with Gasteiger partial charge in [-0.25, -0.2) is 0 Å². The van der Waals surface area contributed by atoms with Crippen LogP contribution in [0.2, 0.25) is 0 Å². The van der Waals surface area contributed by atoms with E-state index in [-0.39, 0.29) is 0 Å². The summed E-state index contributed by atoms with van der Waals surface area (Å²) in [6.45, 7) is 0. The molecule has 0 N–H and O–H groups in total. The van der Waals surface area contributed by atoms with Crippen molar-refractivity contribution in [3.63, 3.8) is 0 Å². The first-order valence-corrected chi connectivity index (χ1v) is 5.73. The van der Waals surface area contributed by atoms with Crippen LogP contribution in [0.15, 0.2) is 0 Å². The Balaban J connectivity index is 2.58. The summed E-state index contributed by atoms with van der Waals surface area (Å²) in [6, 6.07) is 0. The second kappa shape index (κ2) is 4.06. The molecule has 1 saturated carbocycles. The van der Waals surface area contributed by atoms with Crippen LogP contribution in [0, 0.1) is 0 Å². The predicted octanol–water partition coefficient (Wildman–Crippen LogP) is 2.19. The second-order valence-electron chi connectivity index (χ2n) is 3.26. The van der Waals surface area contributed by atoms with Crippen molar-refractivity contribution >= 4 is 10.1 Å². The van der Waals surface area contributed by atoms with Gasteiger partial charge in [0.25, 0.3) is 0 Å². The number of halogens is 3. The zero-order chi connectivity index (χ0) is 10.8. The van der Waals surface area contributed by atoms with Crippen molar-refractivity contribution < 1.29 is 25.8 Å². The first kappa shape index (κ1) is 11.8. The molecule has 84 valence electrons. The van der Waals surface area contributed by atoms with E-state index in [1.165, 1.54) is 0 Å². The fourth-order valence-electron chi connectivity index (χ4n) is 1.40. The standard InChI is InChI=1S/C7H11F3O3S/c8-7(9,10)14(11,12)13-6-4-2-1-3-5-6/h6H,1-5H2/i6-1. The minimum atomic E-state index is -5.40. The first-order chi connectivity index (χ1) is 6.33. The van der Waals surface area contributed by atoms with Crippen LogP contribution in [0.5, 0.6) is 0 Å². The summed E-state index contributed by atoms with van der Waals surface area (Å²) in [6.07, 6.45) is 2.34. The van der Waals surface area contributed by atoms with Crippen molar-refractivity contribution in [1.82, 2.24) is 0 Å². The Morgan fingerprint density at radius 2 is 1.57 bits per heavy atom. The highest BCUT2D eigenvalue weighted by atomic mass is 32.2. The van der Waals surface area contributed by atoms with E-state index in [9.17, 15) is 21.6 Å². The second-order valence-corrected chi connectivity index (χ2v) is 4.82. The van der Waals surface area contributed by atoms with Crippen molar-refractivity contribution in [2.24, 2.45) is 0 Å². The van der Waals surface area contributed by atoms with Crippen molar-refractivity contribution in [1.29, 1.82) is 0 Å². The third-order valence-electron chi connectivity index (χ3n) is 2.10. The summed E-state index contributed by atoms with van der Waals surface area (Å²) >= 11 is 0. The summed E-state index contributed by atoms with van der Waals surface area (Å²) in [5.41, 5.74) is -5.30. The van der Waals surface area contributed by atoms with E-state index in [0.29, 0.717) is 12.8 Å². The minimum absolute atomic E-state index is 0.384. The van der Waals surface area contributed by atoms with Crippen molar-refractivity contribution in [3.8, 4) is 0 Å². The van der Waals surface area contributed by atoms with E-state index in [4.69, 9.17) is 0 Å². The van der Waals surface area contributed by atoms with Gasteiger partial charge in [0.15, 0.2) is 0 Å². The molecule has 1 rings (SSSR count). The molecule has 0 radical (unpaired) electrons. The fraction of sp³-hybridized carbons (Fsp3) is 1.00. The molecule has 0 aromatic rings. The Morgan fingerprint density at radius 1 is 1.07 bits per heavy atom. The number of rotatable bonds is 2. The number of alkyl halides is 3. The van der Waals surface area contributed by atoms with Crippen molar-refractivity contribution in [3.05, 3.63) is 0 Å². The first-order valence-electron chi connectivity index (χ1n) is 4.32. The zero-order valence-corrected chi connectivity index (χ0v) is 8.20. The van der Waals surface area contributed by atoms with Gasteiger partial charge in [-0.2, -0.15) is 21.6 Å². The van der Waals surface area contributed by atoms with Gasteiger partial charge in [-0.1, -0.05) is 19.3 Å². The molecule has 1 aliphatic rings. The molecule has 0 atom stereocenters. The molecule has 0 bridgehead atoms. The van der Waals surface area contributed by atoms with Crippen LogP contribution in [0.1, 0.15) is 32.1 Å². The maximum atomic E-state index is 11.9. The monoisotopic (exact) mass is 231 g/mol. The summed E-state index contributed by atoms with van der Waals surface area (Å²) in [7, 11) is -5.40. The Hall–Kier alpha value is -0.300. The molecule has 0 amide bonds. The van der Waals surface area contributed by atoms with Crippen LogP contribution in [0.3, 0.4) is 0 Å². The molecule has 0 spiro atoms. The van der Waals surface area contributed by atoms with E-state index in [2.05, 4.69) is 4.18 Å². The molecule has 0 aromatic carbocycles. The molecule has 14 heavy (non-hydrogen) atoms. The zero-order valence-electron chi connectivity index (χ0n) is 7.38. The maximum absolute atomic E-state index is 11.9. The summed E-state index contributed by atoms with van der Waals surface area (Å²) < 4.78 is 60.9. The highest BCUT2D eigenvalue weighted by Crippen LogP contribution is 2.29. The third kappa shape index (κ3) is 2.84. The molecule has 1 aliphatic carbocycles. The lowest BCUT2D eigenvalue weighted by atomic mass is 9.66. The Bertz CT molecular complexity index is 277. The molecule has 0 saturated heterocycles. The maximum Gasteiger partial charge on any atom is 0.523 e. The predicted molar refractivity (Wildman–Crippen MR) is 42.9 cm³/mol. The largest absolute Gasteiger partial charge is 0.523 e. The molecule has 0 aromatic heterocycles. The Kier molecular flexibility index (Phi) is 3.41. The van der Waals surface area contributed by atoms with Crippen LogP contribution in [-0.4, -0.2) is 20.0 Å². The lowest BCUT2D eigenvalue weighted by molar-refractivity contribution is -0.0584. The molecule has 1 fully saturated rings. The van der Waals surface area contributed by atoms with E-state index in [1.807, 2.05) is 0 Å². The van der Waals surface area contributed by atoms with Gasteiger partial charge in [0, 0.05) is 0 Å². The number of hydrogen-bond acceptors (Lipinski definition) is 3. The van der Waals surface area contributed by atoms with Gasteiger partial charge < -0.3 is 0 Å². The summed E-state index contributed by atoms with van der Waals surface area (Å²) in [5.74, 6) is 0. The van der Waals surface area contributed by atoms with E-state index >= 15 is 0 Å². The molecule has 0 unspecified atom stereocenters. The average molecular weight is 231 g/mol. The third-order valence-corrected chi connectivity index (χ3v) is 3.19. The lowest BCUT2D eigenvalue weighted by Gasteiger charge is -2.21. The molecule has 0 aliphatic heterocycles. The normalized spacial score (nSPS) is 21.1. The molecule has 3 nitrogen and oxygen atoms in total. The Morgan fingerprint density at radius 3 is 2.00 bits per heavy atom. The fourth-order valence-corrected chi connectivity index (χ4v) is 2.05. The van der Waals surface area contributed by atoms with E-state index in [1.54, 1.807) is 0 Å². The lowest BCUT2D eigenvalue weighted by Crippen LogP contribution is -2.31.